The van der Waals surface area contributed by atoms with Gasteiger partial charge in [-0.1, -0.05) is 96.2 Å². The molecule has 0 fully saturated rings. The van der Waals surface area contributed by atoms with Gasteiger partial charge >= 0.3 is 0 Å². The predicted octanol–water partition coefficient (Wildman–Crippen LogP) is 10.4. The molecular formula is C36H48FeP2-6. The molecule has 0 nitrogen and oxygen atoms in total. The fourth-order valence-electron chi connectivity index (χ4n) is 5.13. The van der Waals surface area contributed by atoms with Gasteiger partial charge in [0.15, 0.2) is 0 Å². The maximum atomic E-state index is 2.51. The summed E-state index contributed by atoms with van der Waals surface area (Å²) < 4.78 is 0. The Bertz CT molecular complexity index is 1150. The van der Waals surface area contributed by atoms with Gasteiger partial charge in [-0.25, -0.2) is 12.1 Å². The molecule has 0 unspecified atom stereocenters. The summed E-state index contributed by atoms with van der Waals surface area (Å²) >= 11 is 0. The Morgan fingerprint density at radius 2 is 1.10 bits per heavy atom. The summed E-state index contributed by atoms with van der Waals surface area (Å²) in [6.45, 7) is 19.3. The molecule has 216 valence electrons. The van der Waals surface area contributed by atoms with Gasteiger partial charge in [0.1, 0.15) is 0 Å². The molecule has 0 N–H and O–H groups in total. The molecule has 0 amide bonds. The van der Waals surface area contributed by atoms with Crippen LogP contribution in [0, 0.1) is 13.8 Å². The van der Waals surface area contributed by atoms with E-state index in [4.69, 9.17) is 0 Å². The van der Waals surface area contributed by atoms with Crippen LogP contribution in [-0.4, -0.2) is 10.3 Å². The maximum Gasteiger partial charge on any atom is 0 e. The van der Waals surface area contributed by atoms with Crippen LogP contribution in [0.25, 0.3) is 0 Å². The molecule has 0 aliphatic carbocycles. The number of hydrogen-bond donors (Lipinski definition) is 0. The monoisotopic (exact) mass is 598 g/mol. The summed E-state index contributed by atoms with van der Waals surface area (Å²) in [4.78, 5) is 0. The molecule has 0 aliphatic heterocycles. The molecule has 0 bridgehead atoms. The number of aryl methyl sites for hydroxylation is 2. The van der Waals surface area contributed by atoms with Crippen LogP contribution < -0.4 is 10.6 Å². The maximum absolute atomic E-state index is 2.51. The fraction of sp³-hybridized carbons (Fsp3) is 0.389. The number of rotatable bonds is 10. The molecule has 4 rings (SSSR count). The van der Waals surface area contributed by atoms with Gasteiger partial charge in [-0.2, -0.15) is 11.6 Å². The van der Waals surface area contributed by atoms with Crippen molar-refractivity contribution in [2.24, 2.45) is 0 Å². The summed E-state index contributed by atoms with van der Waals surface area (Å²) in [6.07, 6.45) is 4.87. The van der Waals surface area contributed by atoms with E-state index in [0.29, 0.717) is 10.3 Å². The van der Waals surface area contributed by atoms with E-state index in [2.05, 4.69) is 122 Å². The zero-order valence-electron chi connectivity index (χ0n) is 25.3. The molecule has 0 heterocycles. The van der Waals surface area contributed by atoms with Crippen LogP contribution in [0.5, 0.6) is 0 Å². The van der Waals surface area contributed by atoms with Crippen molar-refractivity contribution in [3.05, 3.63) is 119 Å². The molecule has 39 heavy (non-hydrogen) atoms. The zero-order valence-corrected chi connectivity index (χ0v) is 28.2. The first-order chi connectivity index (χ1) is 18.1. The molecule has 0 radical (unpaired) electrons. The van der Waals surface area contributed by atoms with Gasteiger partial charge in [0.2, 0.25) is 0 Å². The molecule has 0 saturated heterocycles. The second-order valence-corrected chi connectivity index (χ2v) is 17.3. The summed E-state index contributed by atoms with van der Waals surface area (Å²) in [5.41, 5.74) is 6.00. The van der Waals surface area contributed by atoms with Gasteiger partial charge in [-0.15, -0.1) is 13.5 Å². The Morgan fingerprint density at radius 3 is 1.51 bits per heavy atom. The van der Waals surface area contributed by atoms with Crippen molar-refractivity contribution in [1.82, 2.24) is 0 Å². The van der Waals surface area contributed by atoms with Gasteiger partial charge < -0.3 is 30.3 Å². The summed E-state index contributed by atoms with van der Waals surface area (Å²) in [5, 5.41) is 3.83. The Morgan fingerprint density at radius 1 is 0.667 bits per heavy atom. The average molecular weight is 599 g/mol. The third-order valence-electron chi connectivity index (χ3n) is 8.22. The third kappa shape index (κ3) is 9.00. The van der Waals surface area contributed by atoms with Crippen molar-refractivity contribution < 1.29 is 17.1 Å². The molecule has 0 spiro atoms. The van der Waals surface area contributed by atoms with Gasteiger partial charge in [-0.05, 0) is 72.8 Å². The first-order valence-corrected chi connectivity index (χ1v) is 17.2. The van der Waals surface area contributed by atoms with Crippen LogP contribution in [0.4, 0.5) is 0 Å². The van der Waals surface area contributed by atoms with Crippen molar-refractivity contribution >= 4 is 26.5 Å². The van der Waals surface area contributed by atoms with E-state index in [-0.39, 0.29) is 25.0 Å². The average Bonchev–Trinajstić information content (AvgIpc) is 3.62. The Balaban J connectivity index is 0.000000797. The van der Waals surface area contributed by atoms with Crippen molar-refractivity contribution in [1.29, 1.82) is 0 Å². The van der Waals surface area contributed by atoms with Gasteiger partial charge in [0, 0.05) is 17.1 Å². The summed E-state index contributed by atoms with van der Waals surface area (Å²) in [6, 6.07) is 35.2. The minimum atomic E-state index is -0.441. The largest absolute Gasteiger partial charge is 0.748 e. The molecule has 3 heteroatoms. The van der Waals surface area contributed by atoms with E-state index in [1.807, 2.05) is 30.3 Å². The van der Waals surface area contributed by atoms with Crippen molar-refractivity contribution in [2.75, 3.05) is 0 Å². The van der Waals surface area contributed by atoms with Gasteiger partial charge in [0.25, 0.3) is 0 Å². The van der Waals surface area contributed by atoms with Crippen molar-refractivity contribution in [2.45, 2.75) is 90.9 Å². The van der Waals surface area contributed by atoms with Crippen LogP contribution in [0.15, 0.2) is 97.1 Å². The van der Waals surface area contributed by atoms with Crippen LogP contribution in [0.1, 0.15) is 76.6 Å². The minimum Gasteiger partial charge on any atom is -0.748 e. The zero-order chi connectivity index (χ0) is 27.8. The standard InChI is InChI=1S/C31H43P2.C5H5.Fe/c1-9-30(5,6)33(31(7,8)10-2)23-27-19-15-18-26(27)22-32(28-20-13-11-16-24(28)3)29-21-14-12-17-25(29)4;1-2-4-5-3-1;/h11-21H,9-10,22-23H2,1-8H3;1-5H;/q-1;-5;. The first-order valence-electron chi connectivity index (χ1n) is 14.2. The smallest absolute Gasteiger partial charge is 0 e. The van der Waals surface area contributed by atoms with Gasteiger partial charge in [-0.3, -0.25) is 0 Å². The topological polar surface area (TPSA) is 0 Å². The second-order valence-electron chi connectivity index (χ2n) is 11.6. The molecule has 4 aromatic rings. The second kappa shape index (κ2) is 15.5. The number of hydrogen-bond acceptors (Lipinski definition) is 0. The summed E-state index contributed by atoms with van der Waals surface area (Å²) in [5.74, 6) is 0. The molecule has 4 aromatic carbocycles. The summed E-state index contributed by atoms with van der Waals surface area (Å²) in [7, 11) is -0.593. The Kier molecular flexibility index (Phi) is 13.4. The first kappa shape index (κ1) is 33.7. The van der Waals surface area contributed by atoms with Gasteiger partial charge in [0.05, 0.1) is 0 Å². The van der Waals surface area contributed by atoms with E-state index in [9.17, 15) is 0 Å². The number of benzene rings is 2. The minimum absolute atomic E-state index is 0. The van der Waals surface area contributed by atoms with Crippen molar-refractivity contribution in [3.8, 4) is 0 Å². The fourth-order valence-corrected chi connectivity index (χ4v) is 11.8. The van der Waals surface area contributed by atoms with Crippen LogP contribution in [0.3, 0.4) is 0 Å². The normalized spacial score (nSPS) is 11.7. The molecule has 0 aromatic heterocycles. The molecular weight excluding hydrogens is 550 g/mol. The third-order valence-corrected chi connectivity index (χ3v) is 15.3. The molecule has 0 saturated carbocycles. The van der Waals surface area contributed by atoms with Crippen LogP contribution in [-0.2, 0) is 29.4 Å². The SMILES string of the molecule is CCC(C)(C)P(C[c-]1cccc1CP(c1ccccc1C)c1ccccc1C)C(C)(C)CC.[Fe].[cH-]1[cH-][cH-][cH-][cH-]1. The quantitative estimate of drug-likeness (QED) is 0.0968. The van der Waals surface area contributed by atoms with Crippen molar-refractivity contribution in [3.63, 3.8) is 0 Å². The molecule has 0 aliphatic rings. The van der Waals surface area contributed by atoms with E-state index >= 15 is 0 Å². The molecule has 0 atom stereocenters. The van der Waals surface area contributed by atoms with E-state index in [0.717, 1.165) is 6.16 Å². The van der Waals surface area contributed by atoms with E-state index in [1.54, 1.807) is 11.1 Å². The predicted molar refractivity (Wildman–Crippen MR) is 176 cm³/mol. The van der Waals surface area contributed by atoms with Crippen LogP contribution >= 0.6 is 15.8 Å². The van der Waals surface area contributed by atoms with Crippen LogP contribution in [0.2, 0.25) is 0 Å². The van der Waals surface area contributed by atoms with E-state index in [1.165, 1.54) is 40.7 Å². The Hall–Kier alpha value is -1.48. The van der Waals surface area contributed by atoms with E-state index < -0.39 is 7.92 Å². The Labute approximate surface area is 252 Å².